The highest BCUT2D eigenvalue weighted by Gasteiger charge is 2.22. The maximum Gasteiger partial charge on any atom is 0.278 e. The van der Waals surface area contributed by atoms with E-state index in [0.717, 1.165) is 6.07 Å². The molecule has 2 aromatic heterocycles. The third kappa shape index (κ3) is 5.53. The van der Waals surface area contributed by atoms with E-state index in [9.17, 15) is 18.4 Å². The van der Waals surface area contributed by atoms with Crippen molar-refractivity contribution in [3.8, 4) is 22.8 Å². The van der Waals surface area contributed by atoms with E-state index in [1.165, 1.54) is 68.9 Å². The maximum atomic E-state index is 14.7. The van der Waals surface area contributed by atoms with Gasteiger partial charge in [-0.2, -0.15) is 0 Å². The Morgan fingerprint density at radius 2 is 1.81 bits per heavy atom. The van der Waals surface area contributed by atoms with Crippen LogP contribution in [0.1, 0.15) is 26.9 Å². The number of rotatable bonds is 8. The van der Waals surface area contributed by atoms with Gasteiger partial charge in [-0.25, -0.2) is 13.8 Å². The fraction of sp³-hybridized carbons (Fsp3) is 0.120. The Hall–Kier alpha value is -4.64. The number of ether oxygens (including phenoxy) is 2. The van der Waals surface area contributed by atoms with E-state index < -0.39 is 23.4 Å². The lowest BCUT2D eigenvalue weighted by Gasteiger charge is -2.10. The summed E-state index contributed by atoms with van der Waals surface area (Å²) in [6.45, 7) is 0.0127. The lowest BCUT2D eigenvalue weighted by atomic mass is 10.1. The molecule has 0 aliphatic rings. The lowest BCUT2D eigenvalue weighted by Crippen LogP contribution is -2.18. The molecule has 2 N–H and O–H groups in total. The van der Waals surface area contributed by atoms with Gasteiger partial charge in [-0.15, -0.1) is 0 Å². The number of anilines is 1. The van der Waals surface area contributed by atoms with Crippen LogP contribution in [0, 0.1) is 11.6 Å². The van der Waals surface area contributed by atoms with Gasteiger partial charge in [-0.1, -0.05) is 0 Å². The number of methoxy groups -OCH3 is 1. The number of carbonyl (C=O) groups is 2. The average Bonchev–Trinajstić information content (AvgIpc) is 3.30. The topological polar surface area (TPSA) is 116 Å². The van der Waals surface area contributed by atoms with Crippen LogP contribution in [0.2, 0.25) is 0 Å². The molecule has 2 amide bonds. The molecule has 0 atom stereocenters. The van der Waals surface area contributed by atoms with Crippen LogP contribution in [0.4, 0.5) is 14.5 Å². The second-order valence-electron chi connectivity index (χ2n) is 7.38. The van der Waals surface area contributed by atoms with E-state index in [2.05, 4.69) is 20.6 Å². The smallest absolute Gasteiger partial charge is 0.278 e. The van der Waals surface area contributed by atoms with Gasteiger partial charge in [0.15, 0.2) is 23.0 Å². The van der Waals surface area contributed by atoms with E-state index in [0.29, 0.717) is 5.56 Å². The van der Waals surface area contributed by atoms with Crippen molar-refractivity contribution < 1.29 is 32.3 Å². The van der Waals surface area contributed by atoms with Crippen molar-refractivity contribution in [1.29, 1.82) is 0 Å². The number of nitrogens with zero attached hydrogens (tertiary/aromatic N) is 2. The molecule has 0 saturated heterocycles. The van der Waals surface area contributed by atoms with E-state index in [1.807, 2.05) is 0 Å². The van der Waals surface area contributed by atoms with E-state index in [4.69, 9.17) is 13.9 Å². The van der Waals surface area contributed by atoms with Gasteiger partial charge < -0.3 is 24.5 Å². The monoisotopic (exact) mass is 494 g/mol. The minimum Gasteiger partial charge on any atom is -0.454 e. The van der Waals surface area contributed by atoms with Crippen LogP contribution in [0.3, 0.4) is 0 Å². The summed E-state index contributed by atoms with van der Waals surface area (Å²) in [6.07, 6.45) is 1.36. The number of aromatic nitrogens is 2. The molecular weight excluding hydrogens is 474 g/mol. The summed E-state index contributed by atoms with van der Waals surface area (Å²) in [5.74, 6) is -1.96. The minimum absolute atomic E-state index is 0.0127. The van der Waals surface area contributed by atoms with Crippen molar-refractivity contribution in [2.75, 3.05) is 19.5 Å². The predicted octanol–water partition coefficient (Wildman–Crippen LogP) is 4.57. The van der Waals surface area contributed by atoms with Crippen LogP contribution in [0.5, 0.6) is 11.5 Å². The molecule has 11 heteroatoms. The molecule has 0 bridgehead atoms. The Morgan fingerprint density at radius 3 is 2.50 bits per heavy atom. The van der Waals surface area contributed by atoms with Crippen molar-refractivity contribution >= 4 is 17.5 Å². The van der Waals surface area contributed by atoms with Crippen molar-refractivity contribution in [1.82, 2.24) is 15.3 Å². The summed E-state index contributed by atoms with van der Waals surface area (Å²) >= 11 is 0. The number of hydrogen-bond acceptors (Lipinski definition) is 7. The molecule has 9 nitrogen and oxygen atoms in total. The zero-order valence-corrected chi connectivity index (χ0v) is 19.2. The number of nitrogens with one attached hydrogen (secondary N) is 2. The Kier molecular flexibility index (Phi) is 7.31. The fourth-order valence-electron chi connectivity index (χ4n) is 3.21. The van der Waals surface area contributed by atoms with Crippen molar-refractivity contribution in [2.45, 2.75) is 6.61 Å². The SMILES string of the molecule is CNC(=O)c1cc(Oc2ccc(NC(=O)c3nc(COC)oc3-c3ccc(F)cc3)cc2F)ccn1. The number of pyridine rings is 1. The molecule has 0 aliphatic heterocycles. The molecule has 0 fully saturated rings. The van der Waals surface area contributed by atoms with Crippen LogP contribution in [0.15, 0.2) is 65.2 Å². The maximum absolute atomic E-state index is 14.7. The standard InChI is InChI=1S/C25H20F2N4O5/c1-28-24(32)19-12-17(9-10-29-19)35-20-8-7-16(11-18(20)27)30-25(33)22-23(36-21(31-22)13-34-2)14-3-5-15(26)6-4-14/h3-12H,13H2,1-2H3,(H,28,32)(H,30,33). The van der Waals surface area contributed by atoms with Gasteiger partial charge in [0.05, 0.1) is 0 Å². The molecule has 36 heavy (non-hydrogen) atoms. The first kappa shape index (κ1) is 24.5. The number of benzene rings is 2. The molecule has 184 valence electrons. The molecule has 0 radical (unpaired) electrons. The summed E-state index contributed by atoms with van der Waals surface area (Å²) < 4.78 is 44.3. The quantitative estimate of drug-likeness (QED) is 0.369. The normalized spacial score (nSPS) is 10.7. The van der Waals surface area contributed by atoms with Gasteiger partial charge in [0, 0.05) is 43.7 Å². The summed E-state index contributed by atoms with van der Waals surface area (Å²) in [7, 11) is 2.91. The van der Waals surface area contributed by atoms with Gasteiger partial charge in [-0.05, 0) is 42.5 Å². The van der Waals surface area contributed by atoms with Crippen LogP contribution >= 0.6 is 0 Å². The zero-order chi connectivity index (χ0) is 25.7. The summed E-state index contributed by atoms with van der Waals surface area (Å²) in [5.41, 5.74) is 0.594. The van der Waals surface area contributed by atoms with Crippen LogP contribution < -0.4 is 15.4 Å². The number of amides is 2. The molecular formula is C25H20F2N4O5. The summed E-state index contributed by atoms with van der Waals surface area (Å²) in [4.78, 5) is 32.8. The lowest BCUT2D eigenvalue weighted by molar-refractivity contribution is 0.0957. The minimum atomic E-state index is -0.759. The van der Waals surface area contributed by atoms with Gasteiger partial charge in [-0.3, -0.25) is 14.6 Å². The molecule has 4 rings (SSSR count). The van der Waals surface area contributed by atoms with Gasteiger partial charge in [0.25, 0.3) is 11.8 Å². The number of carbonyl (C=O) groups excluding carboxylic acids is 2. The Balaban J connectivity index is 1.54. The first-order valence-corrected chi connectivity index (χ1v) is 10.6. The largest absolute Gasteiger partial charge is 0.454 e. The first-order chi connectivity index (χ1) is 17.4. The van der Waals surface area contributed by atoms with Gasteiger partial charge in [0.1, 0.15) is 23.9 Å². The molecule has 2 aromatic carbocycles. The zero-order valence-electron chi connectivity index (χ0n) is 19.2. The molecule has 0 spiro atoms. The Bertz CT molecular complexity index is 1410. The highest BCUT2D eigenvalue weighted by Crippen LogP contribution is 2.29. The Morgan fingerprint density at radius 1 is 1.03 bits per heavy atom. The molecule has 0 unspecified atom stereocenters. The molecule has 4 aromatic rings. The Labute approximate surface area is 204 Å². The second kappa shape index (κ2) is 10.7. The van der Waals surface area contributed by atoms with E-state index >= 15 is 0 Å². The van der Waals surface area contributed by atoms with Gasteiger partial charge >= 0.3 is 0 Å². The van der Waals surface area contributed by atoms with E-state index in [-0.39, 0.29) is 46.8 Å². The highest BCUT2D eigenvalue weighted by molar-refractivity contribution is 6.06. The molecule has 0 saturated carbocycles. The van der Waals surface area contributed by atoms with Crippen molar-refractivity contribution in [3.63, 3.8) is 0 Å². The summed E-state index contributed by atoms with van der Waals surface area (Å²) in [6, 6.07) is 12.0. The number of halogens is 2. The number of hydrogen-bond donors (Lipinski definition) is 2. The first-order valence-electron chi connectivity index (χ1n) is 10.6. The van der Waals surface area contributed by atoms with Crippen LogP contribution in [0.25, 0.3) is 11.3 Å². The summed E-state index contributed by atoms with van der Waals surface area (Å²) in [5, 5.41) is 5.01. The van der Waals surface area contributed by atoms with Gasteiger partial charge in [0.2, 0.25) is 5.89 Å². The second-order valence-corrected chi connectivity index (χ2v) is 7.38. The van der Waals surface area contributed by atoms with Crippen molar-refractivity contribution in [3.05, 3.63) is 89.7 Å². The highest BCUT2D eigenvalue weighted by atomic mass is 19.1. The van der Waals surface area contributed by atoms with Crippen molar-refractivity contribution in [2.24, 2.45) is 0 Å². The number of oxazole rings is 1. The van der Waals surface area contributed by atoms with E-state index in [1.54, 1.807) is 0 Å². The fourth-order valence-corrected chi connectivity index (χ4v) is 3.21. The third-order valence-corrected chi connectivity index (χ3v) is 4.87. The van der Waals surface area contributed by atoms with Crippen LogP contribution in [-0.2, 0) is 11.3 Å². The third-order valence-electron chi connectivity index (χ3n) is 4.87. The molecule has 0 aliphatic carbocycles. The van der Waals surface area contributed by atoms with Crippen LogP contribution in [-0.4, -0.2) is 35.9 Å². The average molecular weight is 494 g/mol. The predicted molar refractivity (Wildman–Crippen MR) is 125 cm³/mol. The molecule has 2 heterocycles.